The van der Waals surface area contributed by atoms with Crippen molar-refractivity contribution in [3.8, 4) is 0 Å². The zero-order valence-electron chi connectivity index (χ0n) is 8.31. The molecule has 0 rings (SSSR count). The summed E-state index contributed by atoms with van der Waals surface area (Å²) in [6, 6.07) is -0.809. The lowest BCUT2D eigenvalue weighted by atomic mass is 10.1. The zero-order chi connectivity index (χ0) is 11.9. The lowest BCUT2D eigenvalue weighted by molar-refractivity contribution is 0.101. The van der Waals surface area contributed by atoms with Crippen molar-refractivity contribution in [1.82, 2.24) is 10.3 Å². The molecule has 88 valence electrons. The summed E-state index contributed by atoms with van der Waals surface area (Å²) in [5.74, 6) is 0.0636. The number of nitrogens with one attached hydrogen (secondary N) is 1. The van der Waals surface area contributed by atoms with Crippen LogP contribution in [0.3, 0.4) is 0 Å². The maximum Gasteiger partial charge on any atom is 0.341 e. The molecule has 0 fully saturated rings. The third kappa shape index (κ3) is 4.41. The molecule has 0 bridgehead atoms. The van der Waals surface area contributed by atoms with E-state index < -0.39 is 24.8 Å². The van der Waals surface area contributed by atoms with Gasteiger partial charge < -0.3 is 15.5 Å². The second kappa shape index (κ2) is 6.54. The number of hydrogen-bond donors (Lipinski definition) is 3. The lowest BCUT2D eigenvalue weighted by Gasteiger charge is -2.27. The van der Waals surface area contributed by atoms with Gasteiger partial charge >= 0.3 is 6.03 Å². The Bertz CT molecular complexity index is 222. The van der Waals surface area contributed by atoms with E-state index in [-0.39, 0.29) is 12.4 Å². The summed E-state index contributed by atoms with van der Waals surface area (Å²) in [6.07, 6.45) is 0. The van der Waals surface area contributed by atoms with E-state index in [2.05, 4.69) is 10.6 Å². The Morgan fingerprint density at radius 2 is 2.07 bits per heavy atom. The van der Waals surface area contributed by atoms with E-state index in [9.17, 15) is 9.70 Å². The van der Waals surface area contributed by atoms with Gasteiger partial charge in [0.2, 0.25) is 0 Å². The molecule has 0 aromatic heterocycles. The molecule has 0 aromatic carbocycles. The Morgan fingerprint density at radius 3 is 2.40 bits per heavy atom. The third-order valence-corrected chi connectivity index (χ3v) is 1.90. The molecular weight excluding hydrogens is 226 g/mol. The number of nitrogens with zero attached hydrogens (tertiary/aromatic N) is 2. The molecule has 0 saturated heterocycles. The average molecular weight is 240 g/mol. The lowest BCUT2D eigenvalue weighted by Crippen LogP contribution is -2.55. The van der Waals surface area contributed by atoms with Crippen LogP contribution in [0, 0.1) is 4.91 Å². The third-order valence-electron chi connectivity index (χ3n) is 1.74. The molecular formula is C7H14ClN3O4. The number of amides is 2. The predicted molar refractivity (Wildman–Crippen MR) is 54.3 cm³/mol. The number of carbonyl (C=O) groups is 1. The molecule has 0 atom stereocenters. The summed E-state index contributed by atoms with van der Waals surface area (Å²) in [6.45, 7) is 0.476. The highest BCUT2D eigenvalue weighted by atomic mass is 35.5. The largest absolute Gasteiger partial charge is 0.394 e. The van der Waals surface area contributed by atoms with Gasteiger partial charge in [0.05, 0.1) is 30.6 Å². The first-order valence-corrected chi connectivity index (χ1v) is 4.77. The number of aliphatic hydroxyl groups is 2. The fourth-order valence-electron chi connectivity index (χ4n) is 0.711. The van der Waals surface area contributed by atoms with E-state index >= 15 is 0 Å². The SMILES string of the molecule is CC(CO)(CO)NC(=O)N(CCCl)N=O. The van der Waals surface area contributed by atoms with Crippen molar-refractivity contribution in [2.75, 3.05) is 25.6 Å². The van der Waals surface area contributed by atoms with Gasteiger partial charge in [0.15, 0.2) is 0 Å². The standard InChI is InChI=1S/C7H14ClN3O4/c1-7(4-12,5-13)9-6(14)11(10-15)3-2-8/h12-13H,2-5H2,1H3,(H,9,14). The fraction of sp³-hybridized carbons (Fsp3) is 0.857. The number of halogens is 1. The van der Waals surface area contributed by atoms with Crippen LogP contribution >= 0.6 is 11.6 Å². The van der Waals surface area contributed by atoms with Gasteiger partial charge in [-0.2, -0.15) is 5.01 Å². The van der Waals surface area contributed by atoms with Crippen LogP contribution in [0.5, 0.6) is 0 Å². The van der Waals surface area contributed by atoms with Crippen LogP contribution in [-0.2, 0) is 0 Å². The molecule has 0 spiro atoms. The first-order chi connectivity index (χ1) is 7.02. The monoisotopic (exact) mass is 239 g/mol. The van der Waals surface area contributed by atoms with Gasteiger partial charge in [-0.1, -0.05) is 0 Å². The number of hydrogen-bond acceptors (Lipinski definition) is 5. The van der Waals surface area contributed by atoms with Gasteiger partial charge in [-0.15, -0.1) is 16.5 Å². The van der Waals surface area contributed by atoms with Gasteiger partial charge in [0, 0.05) is 5.88 Å². The Labute approximate surface area is 92.0 Å². The van der Waals surface area contributed by atoms with Gasteiger partial charge in [-0.05, 0) is 6.92 Å². The Balaban J connectivity index is 4.37. The van der Waals surface area contributed by atoms with Crippen molar-refractivity contribution in [1.29, 1.82) is 0 Å². The van der Waals surface area contributed by atoms with Gasteiger partial charge in [0.25, 0.3) is 0 Å². The normalized spacial score (nSPS) is 10.9. The second-order valence-electron chi connectivity index (χ2n) is 3.20. The van der Waals surface area contributed by atoms with Crippen molar-refractivity contribution in [2.24, 2.45) is 5.29 Å². The number of nitroso groups, excluding NO2 is 1. The Kier molecular flexibility index (Phi) is 6.14. The minimum atomic E-state index is -1.19. The van der Waals surface area contributed by atoms with Crippen LogP contribution in [0.25, 0.3) is 0 Å². The summed E-state index contributed by atoms with van der Waals surface area (Å²) in [4.78, 5) is 21.6. The van der Waals surface area contributed by atoms with Crippen LogP contribution in [-0.4, -0.2) is 52.4 Å². The number of alkyl halides is 1. The van der Waals surface area contributed by atoms with E-state index in [0.717, 1.165) is 0 Å². The number of aliphatic hydroxyl groups excluding tert-OH is 2. The first kappa shape index (κ1) is 14.1. The molecule has 3 N–H and O–H groups in total. The molecule has 0 aliphatic carbocycles. The predicted octanol–water partition coefficient (Wildman–Crippen LogP) is -0.339. The van der Waals surface area contributed by atoms with Crippen molar-refractivity contribution >= 4 is 17.6 Å². The molecule has 0 aliphatic heterocycles. The van der Waals surface area contributed by atoms with Crippen molar-refractivity contribution in [3.05, 3.63) is 4.91 Å². The average Bonchev–Trinajstić information content (AvgIpc) is 2.25. The maximum atomic E-state index is 11.3. The van der Waals surface area contributed by atoms with E-state index in [1.165, 1.54) is 6.92 Å². The molecule has 15 heavy (non-hydrogen) atoms. The van der Waals surface area contributed by atoms with Crippen molar-refractivity contribution in [2.45, 2.75) is 12.5 Å². The number of carbonyl (C=O) groups excluding carboxylic acids is 1. The topological polar surface area (TPSA) is 102 Å². The summed E-state index contributed by atoms with van der Waals surface area (Å²) in [5.41, 5.74) is -1.19. The zero-order valence-corrected chi connectivity index (χ0v) is 9.07. The van der Waals surface area contributed by atoms with E-state index in [1.807, 2.05) is 0 Å². The Morgan fingerprint density at radius 1 is 1.53 bits per heavy atom. The highest BCUT2D eigenvalue weighted by molar-refractivity contribution is 6.18. The van der Waals surface area contributed by atoms with E-state index in [4.69, 9.17) is 21.8 Å². The molecule has 0 heterocycles. The van der Waals surface area contributed by atoms with Crippen LogP contribution in [0.1, 0.15) is 6.92 Å². The summed E-state index contributed by atoms with van der Waals surface area (Å²) >= 11 is 5.34. The van der Waals surface area contributed by atoms with E-state index in [1.54, 1.807) is 0 Å². The molecule has 0 radical (unpaired) electrons. The second-order valence-corrected chi connectivity index (χ2v) is 3.58. The molecule has 8 heteroatoms. The van der Waals surface area contributed by atoms with Gasteiger partial charge in [-0.25, -0.2) is 4.79 Å². The highest BCUT2D eigenvalue weighted by Crippen LogP contribution is 2.03. The van der Waals surface area contributed by atoms with Crippen molar-refractivity contribution < 1.29 is 15.0 Å². The van der Waals surface area contributed by atoms with Crippen LogP contribution in [0.4, 0.5) is 4.79 Å². The molecule has 0 aromatic rings. The minimum absolute atomic E-state index is 0.0379. The van der Waals surface area contributed by atoms with Gasteiger partial charge in [0.1, 0.15) is 0 Å². The number of urea groups is 1. The van der Waals surface area contributed by atoms with Crippen molar-refractivity contribution in [3.63, 3.8) is 0 Å². The number of rotatable bonds is 6. The summed E-state index contributed by atoms with van der Waals surface area (Å²) in [7, 11) is 0. The first-order valence-electron chi connectivity index (χ1n) is 4.23. The highest BCUT2D eigenvalue weighted by Gasteiger charge is 2.27. The van der Waals surface area contributed by atoms with E-state index in [0.29, 0.717) is 5.01 Å². The van der Waals surface area contributed by atoms with Gasteiger partial charge in [-0.3, -0.25) is 0 Å². The molecule has 0 aliphatic rings. The van der Waals surface area contributed by atoms with Crippen LogP contribution in [0.2, 0.25) is 0 Å². The molecule has 2 amide bonds. The Hall–Kier alpha value is -0.920. The minimum Gasteiger partial charge on any atom is -0.394 e. The fourth-order valence-corrected chi connectivity index (χ4v) is 0.871. The summed E-state index contributed by atoms with van der Waals surface area (Å²) < 4.78 is 0. The molecule has 7 nitrogen and oxygen atoms in total. The summed E-state index contributed by atoms with van der Waals surface area (Å²) in [5, 5.41) is 23.1. The molecule has 0 unspecified atom stereocenters. The maximum absolute atomic E-state index is 11.3. The quantitative estimate of drug-likeness (QED) is 0.335. The van der Waals surface area contributed by atoms with Crippen LogP contribution in [0.15, 0.2) is 5.29 Å². The molecule has 0 saturated carbocycles. The smallest absolute Gasteiger partial charge is 0.341 e. The van der Waals surface area contributed by atoms with Crippen LogP contribution < -0.4 is 5.32 Å².